The van der Waals surface area contributed by atoms with Crippen LogP contribution in [0.5, 0.6) is 0 Å². The summed E-state index contributed by atoms with van der Waals surface area (Å²) < 4.78 is 35.9. The van der Waals surface area contributed by atoms with Gasteiger partial charge in [0.15, 0.2) is 0 Å². The normalized spacial score (nSPS) is 11.4. The summed E-state index contributed by atoms with van der Waals surface area (Å²) in [4.78, 5) is 2.83. The van der Waals surface area contributed by atoms with Gasteiger partial charge in [-0.2, -0.15) is 0 Å². The van der Waals surface area contributed by atoms with Gasteiger partial charge in [-0.25, -0.2) is 0 Å². The highest BCUT2D eigenvalue weighted by Crippen LogP contribution is 2.15. The van der Waals surface area contributed by atoms with Crippen LogP contribution in [0.15, 0.2) is 4.99 Å². The Hall–Kier alpha value is -0.580. The molecule has 0 aromatic carbocycles. The molecule has 0 spiro atoms. The molecule has 0 amide bonds. The molecule has 2 nitrogen and oxygen atoms in total. The summed E-state index contributed by atoms with van der Waals surface area (Å²) in [5.74, 6) is 0. The Kier molecular flexibility index (Phi) is 2.47. The van der Waals surface area contributed by atoms with E-state index in [-0.39, 0.29) is 0 Å². The SMILES string of the molecule is C=NCOC(F)(F)F. The van der Waals surface area contributed by atoms with Gasteiger partial charge in [0.05, 0.1) is 0 Å². The molecule has 0 rings (SSSR count). The minimum Gasteiger partial charge on any atom is -0.272 e. The largest absolute Gasteiger partial charge is 0.524 e. The Labute approximate surface area is 44.0 Å². The fraction of sp³-hybridized carbons (Fsp3) is 0.667. The van der Waals surface area contributed by atoms with Gasteiger partial charge < -0.3 is 0 Å². The number of aliphatic imine (C=N–C) groups is 1. The van der Waals surface area contributed by atoms with Crippen molar-refractivity contribution in [2.24, 2.45) is 4.99 Å². The van der Waals surface area contributed by atoms with Crippen LogP contribution in [0.4, 0.5) is 13.2 Å². The van der Waals surface area contributed by atoms with E-state index in [4.69, 9.17) is 0 Å². The second-order valence-electron chi connectivity index (χ2n) is 0.943. The second kappa shape index (κ2) is 2.66. The van der Waals surface area contributed by atoms with Crippen molar-refractivity contribution in [1.29, 1.82) is 0 Å². The van der Waals surface area contributed by atoms with Crippen LogP contribution in [0.2, 0.25) is 0 Å². The maximum absolute atomic E-state index is 10.9. The van der Waals surface area contributed by atoms with E-state index in [1.807, 2.05) is 0 Å². The molecule has 0 saturated heterocycles. The van der Waals surface area contributed by atoms with Crippen molar-refractivity contribution in [3.8, 4) is 0 Å². The van der Waals surface area contributed by atoms with Gasteiger partial charge in [-0.15, -0.1) is 13.2 Å². The molecule has 0 radical (unpaired) electrons. The smallest absolute Gasteiger partial charge is 0.272 e. The van der Waals surface area contributed by atoms with Gasteiger partial charge in [0.25, 0.3) is 0 Å². The van der Waals surface area contributed by atoms with Gasteiger partial charge in [-0.1, -0.05) is 0 Å². The maximum atomic E-state index is 10.9. The van der Waals surface area contributed by atoms with Crippen LogP contribution in [0.1, 0.15) is 0 Å². The van der Waals surface area contributed by atoms with Crippen LogP contribution in [-0.4, -0.2) is 19.8 Å². The molecule has 0 heterocycles. The lowest BCUT2D eigenvalue weighted by Gasteiger charge is -2.01. The van der Waals surface area contributed by atoms with E-state index in [1.165, 1.54) is 0 Å². The summed E-state index contributed by atoms with van der Waals surface area (Å²) in [7, 11) is 0. The third-order valence-corrected chi connectivity index (χ3v) is 0.320. The minimum atomic E-state index is -4.58. The highest BCUT2D eigenvalue weighted by molar-refractivity contribution is 5.22. The molecule has 0 aliphatic rings. The lowest BCUT2D eigenvalue weighted by atomic mass is 11.2. The first kappa shape index (κ1) is 7.42. The monoisotopic (exact) mass is 127 g/mol. The molecule has 0 unspecified atom stereocenters. The van der Waals surface area contributed by atoms with Crippen LogP contribution >= 0.6 is 0 Å². The number of ether oxygens (including phenoxy) is 1. The number of hydrogen-bond acceptors (Lipinski definition) is 2. The summed E-state index contributed by atoms with van der Waals surface area (Å²) in [5.41, 5.74) is 0. The van der Waals surface area contributed by atoms with E-state index in [0.29, 0.717) is 0 Å². The van der Waals surface area contributed by atoms with Crippen LogP contribution < -0.4 is 0 Å². The van der Waals surface area contributed by atoms with Crippen molar-refractivity contribution in [2.75, 3.05) is 6.73 Å². The van der Waals surface area contributed by atoms with Gasteiger partial charge in [0.2, 0.25) is 0 Å². The van der Waals surface area contributed by atoms with E-state index < -0.39 is 13.1 Å². The van der Waals surface area contributed by atoms with E-state index in [2.05, 4.69) is 16.4 Å². The molecule has 5 heteroatoms. The van der Waals surface area contributed by atoms with Crippen LogP contribution in [0, 0.1) is 0 Å². The lowest BCUT2D eigenvalue weighted by Crippen LogP contribution is -2.12. The Morgan fingerprint density at radius 3 is 2.12 bits per heavy atom. The molecule has 0 saturated carbocycles. The number of halogens is 3. The predicted octanol–water partition coefficient (Wildman–Crippen LogP) is 1.18. The van der Waals surface area contributed by atoms with Crippen molar-refractivity contribution in [3.05, 3.63) is 0 Å². The minimum absolute atomic E-state index is 0.733. The van der Waals surface area contributed by atoms with E-state index >= 15 is 0 Å². The average molecular weight is 127 g/mol. The van der Waals surface area contributed by atoms with Crippen molar-refractivity contribution in [1.82, 2.24) is 0 Å². The van der Waals surface area contributed by atoms with E-state index in [1.54, 1.807) is 0 Å². The molecule has 48 valence electrons. The van der Waals surface area contributed by atoms with Crippen LogP contribution in [0.3, 0.4) is 0 Å². The van der Waals surface area contributed by atoms with Gasteiger partial charge in [-0.05, 0) is 6.72 Å². The quantitative estimate of drug-likeness (QED) is 0.510. The molecular weight excluding hydrogens is 123 g/mol. The van der Waals surface area contributed by atoms with Crippen molar-refractivity contribution in [2.45, 2.75) is 6.36 Å². The molecule has 0 aliphatic carbocycles. The molecule has 0 N–H and O–H groups in total. The fourth-order valence-corrected chi connectivity index (χ4v) is 0.119. The Bertz CT molecular complexity index is 79.1. The van der Waals surface area contributed by atoms with Gasteiger partial charge >= 0.3 is 6.36 Å². The first-order valence-electron chi connectivity index (χ1n) is 1.69. The van der Waals surface area contributed by atoms with Gasteiger partial charge in [0.1, 0.15) is 6.73 Å². The topological polar surface area (TPSA) is 21.6 Å². The Morgan fingerprint density at radius 1 is 1.50 bits per heavy atom. The van der Waals surface area contributed by atoms with Crippen LogP contribution in [-0.2, 0) is 4.74 Å². The van der Waals surface area contributed by atoms with E-state index in [9.17, 15) is 13.2 Å². The van der Waals surface area contributed by atoms with Crippen molar-refractivity contribution < 1.29 is 17.9 Å². The molecule has 8 heavy (non-hydrogen) atoms. The average Bonchev–Trinajstić information content (AvgIpc) is 1.59. The standard InChI is InChI=1S/C3H4F3NO/c1-7-2-8-3(4,5)6/h1-2H2. The van der Waals surface area contributed by atoms with Gasteiger partial charge in [0, 0.05) is 0 Å². The molecule has 0 aromatic heterocycles. The van der Waals surface area contributed by atoms with E-state index in [0.717, 1.165) is 0 Å². The molecule has 0 bridgehead atoms. The molecule has 0 aliphatic heterocycles. The predicted molar refractivity (Wildman–Crippen MR) is 21.6 cm³/mol. The summed E-state index contributed by atoms with van der Waals surface area (Å²) >= 11 is 0. The van der Waals surface area contributed by atoms with Crippen molar-refractivity contribution in [3.63, 3.8) is 0 Å². The zero-order valence-electron chi connectivity index (χ0n) is 3.90. The van der Waals surface area contributed by atoms with Gasteiger partial charge in [-0.3, -0.25) is 9.73 Å². The Balaban J connectivity index is 3.24. The zero-order valence-corrected chi connectivity index (χ0v) is 3.90. The third-order valence-electron chi connectivity index (χ3n) is 0.320. The highest BCUT2D eigenvalue weighted by atomic mass is 19.4. The van der Waals surface area contributed by atoms with Crippen molar-refractivity contribution >= 4 is 6.72 Å². The fourth-order valence-electron chi connectivity index (χ4n) is 0.119. The first-order valence-corrected chi connectivity index (χ1v) is 1.69. The second-order valence-corrected chi connectivity index (χ2v) is 0.943. The Morgan fingerprint density at radius 2 is 2.00 bits per heavy atom. The summed E-state index contributed by atoms with van der Waals surface area (Å²) in [6.07, 6.45) is -4.58. The number of alkyl halides is 3. The molecule has 0 atom stereocenters. The molecule has 0 aromatic rings. The first-order chi connectivity index (χ1) is 3.56. The molecule has 0 fully saturated rings. The summed E-state index contributed by atoms with van der Waals surface area (Å²) in [6, 6.07) is 0. The number of hydrogen-bond donors (Lipinski definition) is 0. The maximum Gasteiger partial charge on any atom is 0.524 e. The third kappa shape index (κ3) is 5.42. The number of nitrogens with zero attached hydrogens (tertiary/aromatic N) is 1. The highest BCUT2D eigenvalue weighted by Gasteiger charge is 2.28. The summed E-state index contributed by atoms with van der Waals surface area (Å²) in [5, 5.41) is 0. The lowest BCUT2D eigenvalue weighted by molar-refractivity contribution is -0.323. The van der Waals surface area contributed by atoms with Crippen LogP contribution in [0.25, 0.3) is 0 Å². The summed E-state index contributed by atoms with van der Waals surface area (Å²) in [6.45, 7) is 2.06. The molecular formula is C3H4F3NO. The number of rotatable bonds is 2. The zero-order chi connectivity index (χ0) is 6.62.